The second-order valence-electron chi connectivity index (χ2n) is 9.22. The number of aliphatic hydroxyl groups excluding tert-OH is 1. The molecule has 0 unspecified atom stereocenters. The zero-order valence-electron chi connectivity index (χ0n) is 18.7. The molecule has 0 fully saturated rings. The highest BCUT2D eigenvalue weighted by atomic mass is 16.3. The summed E-state index contributed by atoms with van der Waals surface area (Å²) in [6.07, 6.45) is 0. The Morgan fingerprint density at radius 2 is 1.97 bits per heavy atom. The van der Waals surface area contributed by atoms with Crippen molar-refractivity contribution in [3.05, 3.63) is 51.6 Å². The number of nitrogens with zero attached hydrogens (tertiary/aromatic N) is 5. The van der Waals surface area contributed by atoms with Gasteiger partial charge < -0.3 is 10.1 Å². The Kier molecular flexibility index (Phi) is 6.38. The van der Waals surface area contributed by atoms with Gasteiger partial charge in [-0.25, -0.2) is 4.68 Å². The standard InChI is InChI=1S/C22H32N6O2/c1-14(2)19(20-24-25-26-28(20)22(4,5)6)27(9-10-29)13-17-12-16-11-15(3)7-8-18(16)23-21(17)30/h7-8,11-12,14,19,29H,9-10,13H2,1-6H3,(H,23,30)/t19-/m1/s1. The minimum absolute atomic E-state index is 0.0229. The minimum Gasteiger partial charge on any atom is -0.395 e. The van der Waals surface area contributed by atoms with Gasteiger partial charge in [-0.2, -0.15) is 0 Å². The average molecular weight is 413 g/mol. The molecular formula is C22H32N6O2. The maximum absolute atomic E-state index is 12.8. The molecule has 0 aliphatic rings. The summed E-state index contributed by atoms with van der Waals surface area (Å²) < 4.78 is 1.83. The van der Waals surface area contributed by atoms with E-state index in [1.807, 2.05) is 29.8 Å². The monoisotopic (exact) mass is 412 g/mol. The van der Waals surface area contributed by atoms with Crippen LogP contribution in [0.5, 0.6) is 0 Å². The third kappa shape index (κ3) is 4.60. The Balaban J connectivity index is 2.04. The van der Waals surface area contributed by atoms with E-state index in [4.69, 9.17) is 0 Å². The molecule has 30 heavy (non-hydrogen) atoms. The molecule has 0 aliphatic heterocycles. The first kappa shape index (κ1) is 22.1. The van der Waals surface area contributed by atoms with Crippen molar-refractivity contribution >= 4 is 10.9 Å². The lowest BCUT2D eigenvalue weighted by Gasteiger charge is -2.34. The predicted molar refractivity (Wildman–Crippen MR) is 117 cm³/mol. The Labute approximate surface area is 176 Å². The summed E-state index contributed by atoms with van der Waals surface area (Å²) in [6, 6.07) is 7.76. The highest BCUT2D eigenvalue weighted by molar-refractivity contribution is 5.79. The van der Waals surface area contributed by atoms with Crippen molar-refractivity contribution in [2.75, 3.05) is 13.2 Å². The van der Waals surface area contributed by atoms with Crippen molar-refractivity contribution in [1.82, 2.24) is 30.1 Å². The number of hydrogen-bond donors (Lipinski definition) is 2. The molecule has 0 spiro atoms. The number of pyridine rings is 1. The summed E-state index contributed by atoms with van der Waals surface area (Å²) in [5.74, 6) is 0.907. The van der Waals surface area contributed by atoms with Crippen LogP contribution in [-0.4, -0.2) is 48.3 Å². The van der Waals surface area contributed by atoms with Crippen LogP contribution in [0.1, 0.15) is 57.6 Å². The Hall–Kier alpha value is -2.58. The van der Waals surface area contributed by atoms with Crippen LogP contribution >= 0.6 is 0 Å². The Morgan fingerprint density at radius 1 is 1.23 bits per heavy atom. The SMILES string of the molecule is Cc1ccc2[nH]c(=O)c(CN(CCO)[C@@H](c3nnnn3C(C)(C)C)C(C)C)cc2c1. The van der Waals surface area contributed by atoms with Crippen molar-refractivity contribution in [2.24, 2.45) is 5.92 Å². The number of aliphatic hydroxyl groups is 1. The fourth-order valence-corrected chi connectivity index (χ4v) is 3.89. The number of tetrazole rings is 1. The van der Waals surface area contributed by atoms with Crippen LogP contribution in [0.2, 0.25) is 0 Å². The van der Waals surface area contributed by atoms with Crippen molar-refractivity contribution in [1.29, 1.82) is 0 Å². The smallest absolute Gasteiger partial charge is 0.252 e. The van der Waals surface area contributed by atoms with Gasteiger partial charge in [0.25, 0.3) is 5.56 Å². The van der Waals surface area contributed by atoms with Gasteiger partial charge in [0.2, 0.25) is 0 Å². The van der Waals surface area contributed by atoms with Crippen LogP contribution in [0.4, 0.5) is 0 Å². The van der Waals surface area contributed by atoms with Crippen LogP contribution in [-0.2, 0) is 12.1 Å². The molecule has 3 aromatic rings. The van der Waals surface area contributed by atoms with Crippen LogP contribution < -0.4 is 5.56 Å². The van der Waals surface area contributed by atoms with Crippen molar-refractivity contribution in [3.8, 4) is 0 Å². The van der Waals surface area contributed by atoms with Gasteiger partial charge in [-0.1, -0.05) is 25.5 Å². The summed E-state index contributed by atoms with van der Waals surface area (Å²) in [5, 5.41) is 23.2. The third-order valence-corrected chi connectivity index (χ3v) is 5.26. The van der Waals surface area contributed by atoms with Crippen molar-refractivity contribution in [3.63, 3.8) is 0 Å². The van der Waals surface area contributed by atoms with E-state index in [1.54, 1.807) is 0 Å². The average Bonchev–Trinajstić information content (AvgIpc) is 3.12. The van der Waals surface area contributed by atoms with E-state index < -0.39 is 0 Å². The number of aryl methyl sites for hydroxylation is 1. The maximum Gasteiger partial charge on any atom is 0.252 e. The highest BCUT2D eigenvalue weighted by Crippen LogP contribution is 2.30. The molecule has 0 radical (unpaired) electrons. The molecule has 0 saturated carbocycles. The fraction of sp³-hybridized carbons (Fsp3) is 0.545. The molecular weight excluding hydrogens is 380 g/mol. The van der Waals surface area contributed by atoms with E-state index in [0.29, 0.717) is 18.7 Å². The van der Waals surface area contributed by atoms with E-state index in [2.05, 4.69) is 66.1 Å². The second-order valence-corrected chi connectivity index (χ2v) is 9.22. The molecule has 2 N–H and O–H groups in total. The summed E-state index contributed by atoms with van der Waals surface area (Å²) in [5.41, 5.74) is 2.21. The molecule has 2 aromatic heterocycles. The summed E-state index contributed by atoms with van der Waals surface area (Å²) in [4.78, 5) is 17.8. The lowest BCUT2D eigenvalue weighted by Crippen LogP contribution is -2.39. The lowest BCUT2D eigenvalue weighted by molar-refractivity contribution is 0.101. The number of aromatic nitrogens is 5. The molecule has 0 saturated heterocycles. The Morgan fingerprint density at radius 3 is 2.60 bits per heavy atom. The van der Waals surface area contributed by atoms with Gasteiger partial charge in [-0.05, 0) is 67.6 Å². The quantitative estimate of drug-likeness (QED) is 0.619. The van der Waals surface area contributed by atoms with E-state index in [9.17, 15) is 9.90 Å². The topological polar surface area (TPSA) is 99.9 Å². The van der Waals surface area contributed by atoms with Gasteiger partial charge >= 0.3 is 0 Å². The number of fused-ring (bicyclic) bond motifs is 1. The first-order chi connectivity index (χ1) is 14.1. The third-order valence-electron chi connectivity index (χ3n) is 5.26. The van der Waals surface area contributed by atoms with Gasteiger partial charge in [0.15, 0.2) is 5.82 Å². The number of nitrogens with one attached hydrogen (secondary N) is 1. The van der Waals surface area contributed by atoms with Crippen LogP contribution in [0.25, 0.3) is 10.9 Å². The molecule has 1 atom stereocenters. The van der Waals surface area contributed by atoms with Gasteiger partial charge in [0.1, 0.15) is 0 Å². The molecule has 162 valence electrons. The number of H-pyrrole nitrogens is 1. The van der Waals surface area contributed by atoms with Gasteiger partial charge in [-0.3, -0.25) is 9.69 Å². The second kappa shape index (κ2) is 8.65. The number of benzene rings is 1. The van der Waals surface area contributed by atoms with Gasteiger partial charge in [0, 0.05) is 24.2 Å². The number of aromatic amines is 1. The normalized spacial score (nSPS) is 13.5. The number of rotatable bonds is 7. The van der Waals surface area contributed by atoms with Crippen LogP contribution in [0.15, 0.2) is 29.1 Å². The predicted octanol–water partition coefficient (Wildman–Crippen LogP) is 2.77. The van der Waals surface area contributed by atoms with E-state index in [1.165, 1.54) is 0 Å². The lowest BCUT2D eigenvalue weighted by atomic mass is 9.99. The van der Waals surface area contributed by atoms with Gasteiger partial charge in [0.05, 0.1) is 18.2 Å². The first-order valence-electron chi connectivity index (χ1n) is 10.4. The molecule has 3 rings (SSSR count). The zero-order chi connectivity index (χ0) is 22.1. The molecule has 1 aromatic carbocycles. The van der Waals surface area contributed by atoms with E-state index >= 15 is 0 Å². The minimum atomic E-state index is -0.283. The molecule has 2 heterocycles. The molecule has 0 amide bonds. The first-order valence-corrected chi connectivity index (χ1v) is 10.4. The van der Waals surface area contributed by atoms with Crippen molar-refractivity contribution < 1.29 is 5.11 Å². The zero-order valence-corrected chi connectivity index (χ0v) is 18.7. The molecule has 0 bridgehead atoms. The summed E-state index contributed by atoms with van der Waals surface area (Å²) in [7, 11) is 0. The van der Waals surface area contributed by atoms with E-state index in [-0.39, 0.29) is 29.7 Å². The highest BCUT2D eigenvalue weighted by Gasteiger charge is 2.32. The Bertz CT molecular complexity index is 1060. The number of hydrogen-bond acceptors (Lipinski definition) is 6. The largest absolute Gasteiger partial charge is 0.395 e. The van der Waals surface area contributed by atoms with Crippen molar-refractivity contribution in [2.45, 2.75) is 59.7 Å². The van der Waals surface area contributed by atoms with Crippen LogP contribution in [0, 0.1) is 12.8 Å². The summed E-state index contributed by atoms with van der Waals surface area (Å²) >= 11 is 0. The maximum atomic E-state index is 12.8. The fourth-order valence-electron chi connectivity index (χ4n) is 3.89. The van der Waals surface area contributed by atoms with Crippen LogP contribution in [0.3, 0.4) is 0 Å². The van der Waals surface area contributed by atoms with E-state index in [0.717, 1.165) is 22.3 Å². The van der Waals surface area contributed by atoms with Gasteiger partial charge in [-0.15, -0.1) is 5.10 Å². The molecule has 0 aliphatic carbocycles. The molecule has 8 heteroatoms. The molecule has 8 nitrogen and oxygen atoms in total. The summed E-state index contributed by atoms with van der Waals surface area (Å²) in [6.45, 7) is 13.2.